The molecule has 0 aromatic heterocycles. The maximum Gasteiger partial charge on any atom is 0.508 e. The topological polar surface area (TPSA) is 35.5 Å². The van der Waals surface area contributed by atoms with Crippen molar-refractivity contribution in [1.29, 1.82) is 0 Å². The highest BCUT2D eigenvalue weighted by atomic mass is 16.7. The molecule has 0 fully saturated rings. The van der Waals surface area contributed by atoms with Crippen LogP contribution in [0.25, 0.3) is 0 Å². The molecule has 3 nitrogen and oxygen atoms in total. The Hall–Kier alpha value is -0.730. The molecule has 0 aromatic carbocycles. The number of hydrogen-bond donors (Lipinski definition) is 0. The number of carbonyl (C=O) groups is 1. The van der Waals surface area contributed by atoms with Crippen LogP contribution in [0.1, 0.15) is 34.1 Å². The maximum absolute atomic E-state index is 10.9. The molecule has 3 heteroatoms. The molecule has 0 saturated heterocycles. The van der Waals surface area contributed by atoms with Gasteiger partial charge in [0.25, 0.3) is 0 Å². The predicted octanol–water partition coefficient (Wildman–Crippen LogP) is 2.59. The van der Waals surface area contributed by atoms with E-state index in [1.54, 1.807) is 0 Å². The van der Waals surface area contributed by atoms with Gasteiger partial charge < -0.3 is 9.47 Å². The fourth-order valence-corrected chi connectivity index (χ4v) is 0.507. The Balaban J connectivity index is 3.54. The van der Waals surface area contributed by atoms with E-state index >= 15 is 0 Å². The minimum Gasteiger partial charge on any atom is -0.434 e. The van der Waals surface area contributed by atoms with Crippen molar-refractivity contribution in [3.63, 3.8) is 0 Å². The first kappa shape index (κ1) is 11.3. The Kier molecular flexibility index (Phi) is 5.51. The van der Waals surface area contributed by atoms with E-state index in [9.17, 15) is 4.79 Å². The minimum atomic E-state index is -0.557. The zero-order chi connectivity index (χ0) is 9.56. The third-order valence-electron chi connectivity index (χ3n) is 1.64. The van der Waals surface area contributed by atoms with Crippen LogP contribution in [-0.2, 0) is 9.47 Å². The highest BCUT2D eigenvalue weighted by Crippen LogP contribution is 2.06. The zero-order valence-electron chi connectivity index (χ0n) is 8.29. The van der Waals surface area contributed by atoms with E-state index in [1.807, 2.05) is 27.7 Å². The number of hydrogen-bond acceptors (Lipinski definition) is 3. The standard InChI is InChI=1S/C9H18O3/c1-5-6-11-9(10)12-8(4)7(2)3/h7-8H,5-6H2,1-4H3/t8-/m0/s1. The van der Waals surface area contributed by atoms with Crippen molar-refractivity contribution in [2.75, 3.05) is 6.61 Å². The summed E-state index contributed by atoms with van der Waals surface area (Å²) in [6.45, 7) is 8.23. The molecule has 0 radical (unpaired) electrons. The van der Waals surface area contributed by atoms with E-state index in [4.69, 9.17) is 9.47 Å². The van der Waals surface area contributed by atoms with Gasteiger partial charge in [-0.15, -0.1) is 0 Å². The lowest BCUT2D eigenvalue weighted by atomic mass is 10.1. The first-order valence-corrected chi connectivity index (χ1v) is 4.41. The highest BCUT2D eigenvalue weighted by molar-refractivity contribution is 5.60. The van der Waals surface area contributed by atoms with Gasteiger partial charge in [-0.25, -0.2) is 4.79 Å². The van der Waals surface area contributed by atoms with E-state index < -0.39 is 6.16 Å². The second-order valence-corrected chi connectivity index (χ2v) is 3.17. The van der Waals surface area contributed by atoms with Gasteiger partial charge in [-0.2, -0.15) is 0 Å². The molecule has 1 atom stereocenters. The molecule has 0 aliphatic rings. The Morgan fingerprint density at radius 2 is 1.92 bits per heavy atom. The van der Waals surface area contributed by atoms with Crippen molar-refractivity contribution >= 4 is 6.16 Å². The van der Waals surface area contributed by atoms with Crippen LogP contribution in [0.2, 0.25) is 0 Å². The second kappa shape index (κ2) is 5.86. The average Bonchev–Trinajstić information content (AvgIpc) is 2.00. The molecular formula is C9H18O3. The monoisotopic (exact) mass is 174 g/mol. The summed E-state index contributed by atoms with van der Waals surface area (Å²) < 4.78 is 9.70. The molecule has 12 heavy (non-hydrogen) atoms. The second-order valence-electron chi connectivity index (χ2n) is 3.17. The Morgan fingerprint density at radius 3 is 2.33 bits per heavy atom. The molecule has 0 bridgehead atoms. The molecule has 0 rings (SSSR count). The van der Waals surface area contributed by atoms with Gasteiger partial charge in [0.1, 0.15) is 6.10 Å². The van der Waals surface area contributed by atoms with Crippen molar-refractivity contribution in [2.24, 2.45) is 5.92 Å². The molecule has 0 heterocycles. The summed E-state index contributed by atoms with van der Waals surface area (Å²) in [5, 5.41) is 0. The van der Waals surface area contributed by atoms with E-state index in [1.165, 1.54) is 0 Å². The lowest BCUT2D eigenvalue weighted by Crippen LogP contribution is -2.21. The minimum absolute atomic E-state index is 0.0747. The quantitative estimate of drug-likeness (QED) is 0.614. The zero-order valence-corrected chi connectivity index (χ0v) is 8.29. The SMILES string of the molecule is CCCOC(=O)O[C@@H](C)C(C)C. The first-order chi connectivity index (χ1) is 5.57. The smallest absolute Gasteiger partial charge is 0.434 e. The molecule has 0 aromatic rings. The summed E-state index contributed by atoms with van der Waals surface area (Å²) >= 11 is 0. The van der Waals surface area contributed by atoms with E-state index in [0.29, 0.717) is 12.5 Å². The number of rotatable bonds is 4. The summed E-state index contributed by atoms with van der Waals surface area (Å²) in [5.74, 6) is 0.333. The fraction of sp³-hybridized carbons (Fsp3) is 0.889. The van der Waals surface area contributed by atoms with Crippen LogP contribution < -0.4 is 0 Å². The van der Waals surface area contributed by atoms with Gasteiger partial charge in [-0.3, -0.25) is 0 Å². The first-order valence-electron chi connectivity index (χ1n) is 4.41. The summed E-state index contributed by atoms with van der Waals surface area (Å²) in [5.41, 5.74) is 0. The summed E-state index contributed by atoms with van der Waals surface area (Å²) in [7, 11) is 0. The van der Waals surface area contributed by atoms with Gasteiger partial charge in [-0.1, -0.05) is 20.8 Å². The lowest BCUT2D eigenvalue weighted by Gasteiger charge is -2.15. The summed E-state index contributed by atoms with van der Waals surface area (Å²) in [4.78, 5) is 10.9. The van der Waals surface area contributed by atoms with Crippen molar-refractivity contribution in [3.05, 3.63) is 0 Å². The Bertz CT molecular complexity index is 132. The lowest BCUT2D eigenvalue weighted by molar-refractivity contribution is 0.0148. The largest absolute Gasteiger partial charge is 0.508 e. The van der Waals surface area contributed by atoms with Crippen LogP contribution in [0, 0.1) is 5.92 Å². The van der Waals surface area contributed by atoms with Gasteiger partial charge in [0, 0.05) is 0 Å². The Labute approximate surface area is 74.0 Å². The van der Waals surface area contributed by atoms with Crippen LogP contribution in [0.5, 0.6) is 0 Å². The molecule has 0 N–H and O–H groups in total. The van der Waals surface area contributed by atoms with Gasteiger partial charge in [-0.05, 0) is 19.3 Å². The van der Waals surface area contributed by atoms with Gasteiger partial charge in [0.2, 0.25) is 0 Å². The van der Waals surface area contributed by atoms with E-state index in [-0.39, 0.29) is 6.10 Å². The van der Waals surface area contributed by atoms with Crippen molar-refractivity contribution in [3.8, 4) is 0 Å². The molecule has 0 saturated carbocycles. The highest BCUT2D eigenvalue weighted by Gasteiger charge is 2.13. The van der Waals surface area contributed by atoms with Crippen molar-refractivity contribution in [2.45, 2.75) is 40.2 Å². The van der Waals surface area contributed by atoms with Gasteiger partial charge in [0.05, 0.1) is 6.61 Å². The number of ether oxygens (including phenoxy) is 2. The van der Waals surface area contributed by atoms with Crippen LogP contribution in [0.4, 0.5) is 4.79 Å². The maximum atomic E-state index is 10.9. The number of carbonyl (C=O) groups excluding carboxylic acids is 1. The Morgan fingerprint density at radius 1 is 1.33 bits per heavy atom. The van der Waals surface area contributed by atoms with Gasteiger partial charge >= 0.3 is 6.16 Å². The van der Waals surface area contributed by atoms with Crippen molar-refractivity contribution < 1.29 is 14.3 Å². The predicted molar refractivity (Wildman–Crippen MR) is 47.0 cm³/mol. The normalized spacial score (nSPS) is 12.8. The molecular weight excluding hydrogens is 156 g/mol. The van der Waals surface area contributed by atoms with Crippen LogP contribution in [-0.4, -0.2) is 18.9 Å². The fourth-order valence-electron chi connectivity index (χ4n) is 0.507. The van der Waals surface area contributed by atoms with E-state index in [0.717, 1.165) is 6.42 Å². The molecule has 0 amide bonds. The third kappa shape index (κ3) is 4.99. The van der Waals surface area contributed by atoms with Crippen molar-refractivity contribution in [1.82, 2.24) is 0 Å². The molecule has 0 unspecified atom stereocenters. The van der Waals surface area contributed by atoms with Crippen LogP contribution >= 0.6 is 0 Å². The molecule has 0 aliphatic carbocycles. The molecule has 0 spiro atoms. The summed E-state index contributed by atoms with van der Waals surface area (Å²) in [6, 6.07) is 0. The van der Waals surface area contributed by atoms with Crippen LogP contribution in [0.15, 0.2) is 0 Å². The molecule has 72 valence electrons. The third-order valence-corrected chi connectivity index (χ3v) is 1.64. The van der Waals surface area contributed by atoms with Gasteiger partial charge in [0.15, 0.2) is 0 Å². The average molecular weight is 174 g/mol. The molecule has 0 aliphatic heterocycles. The van der Waals surface area contributed by atoms with E-state index in [2.05, 4.69) is 0 Å². The van der Waals surface area contributed by atoms with Crippen LogP contribution in [0.3, 0.4) is 0 Å². The summed E-state index contributed by atoms with van der Waals surface area (Å²) in [6.07, 6.45) is 0.193.